The quantitative estimate of drug-likeness (QED) is 0.753. The van der Waals surface area contributed by atoms with Gasteiger partial charge in [-0.25, -0.2) is 0 Å². The minimum Gasteiger partial charge on any atom is -0.342 e. The van der Waals surface area contributed by atoms with Gasteiger partial charge in [-0.05, 0) is 50.0 Å². The summed E-state index contributed by atoms with van der Waals surface area (Å²) >= 11 is 0. The molecule has 4 nitrogen and oxygen atoms in total. The summed E-state index contributed by atoms with van der Waals surface area (Å²) in [5, 5.41) is 0. The fraction of sp³-hybridized carbons (Fsp3) is 0.708. The maximum Gasteiger partial charge on any atom is 0.236 e. The van der Waals surface area contributed by atoms with Gasteiger partial charge in [0.25, 0.3) is 0 Å². The fourth-order valence-electron chi connectivity index (χ4n) is 5.33. The van der Waals surface area contributed by atoms with Crippen molar-refractivity contribution in [2.75, 3.05) is 45.8 Å². The van der Waals surface area contributed by atoms with E-state index in [9.17, 15) is 4.79 Å². The number of piperidine rings is 1. The van der Waals surface area contributed by atoms with E-state index in [0.717, 1.165) is 51.2 Å². The number of nitrogens with zero attached hydrogens (tertiary/aromatic N) is 3. The summed E-state index contributed by atoms with van der Waals surface area (Å²) in [6.07, 6.45) is 10.4. The van der Waals surface area contributed by atoms with Crippen molar-refractivity contribution >= 4 is 5.91 Å². The third-order valence-electron chi connectivity index (χ3n) is 7.26. The van der Waals surface area contributed by atoms with E-state index in [4.69, 9.17) is 0 Å². The van der Waals surface area contributed by atoms with Crippen LogP contribution in [0.3, 0.4) is 0 Å². The lowest BCUT2D eigenvalue weighted by atomic mass is 9.90. The Kier molecular flexibility index (Phi) is 7.03. The van der Waals surface area contributed by atoms with Crippen molar-refractivity contribution < 1.29 is 4.79 Å². The molecule has 4 rings (SSSR count). The summed E-state index contributed by atoms with van der Waals surface area (Å²) in [6.45, 7) is 6.98. The molecule has 0 spiro atoms. The molecule has 1 aliphatic carbocycles. The molecule has 0 radical (unpaired) electrons. The lowest BCUT2D eigenvalue weighted by Gasteiger charge is -2.39. The Morgan fingerprint density at radius 2 is 1.54 bits per heavy atom. The summed E-state index contributed by atoms with van der Waals surface area (Å²) in [5.74, 6) is 1.13. The smallest absolute Gasteiger partial charge is 0.236 e. The zero-order chi connectivity index (χ0) is 19.2. The van der Waals surface area contributed by atoms with E-state index in [-0.39, 0.29) is 0 Å². The molecule has 0 atom stereocenters. The zero-order valence-corrected chi connectivity index (χ0v) is 17.4. The highest BCUT2D eigenvalue weighted by atomic mass is 16.2. The van der Waals surface area contributed by atoms with Crippen LogP contribution in [0, 0.1) is 5.92 Å². The van der Waals surface area contributed by atoms with Gasteiger partial charge in [0.05, 0.1) is 6.54 Å². The maximum atomic E-state index is 12.8. The van der Waals surface area contributed by atoms with E-state index < -0.39 is 0 Å². The Balaban J connectivity index is 1.13. The van der Waals surface area contributed by atoms with Crippen molar-refractivity contribution in [3.63, 3.8) is 0 Å². The standard InChI is InChI=1S/C24H37N3O/c28-24(20-25-16-18-26(19-17-25)23-8-4-5-9-23)27-14-12-22(13-15-27)11-10-21-6-2-1-3-7-21/h1-3,6-7,22-23H,4-5,8-20H2. The van der Waals surface area contributed by atoms with Crippen LogP contribution in [0.4, 0.5) is 0 Å². The Morgan fingerprint density at radius 3 is 2.21 bits per heavy atom. The van der Waals surface area contributed by atoms with Gasteiger partial charge in [0, 0.05) is 45.3 Å². The number of hydrogen-bond donors (Lipinski definition) is 0. The van der Waals surface area contributed by atoms with Gasteiger partial charge in [0.1, 0.15) is 0 Å². The van der Waals surface area contributed by atoms with Crippen LogP contribution in [0.15, 0.2) is 30.3 Å². The first-order valence-electron chi connectivity index (χ1n) is 11.6. The van der Waals surface area contributed by atoms with Crippen LogP contribution in [0.2, 0.25) is 0 Å². The second kappa shape index (κ2) is 9.89. The number of rotatable bonds is 6. The third kappa shape index (κ3) is 5.36. The van der Waals surface area contributed by atoms with Gasteiger partial charge >= 0.3 is 0 Å². The Hall–Kier alpha value is -1.39. The maximum absolute atomic E-state index is 12.8. The van der Waals surface area contributed by atoms with Crippen LogP contribution in [0.5, 0.6) is 0 Å². The number of piperazine rings is 1. The number of carbonyl (C=O) groups is 1. The van der Waals surface area contributed by atoms with Crippen molar-refractivity contribution in [2.24, 2.45) is 5.92 Å². The molecular formula is C24H37N3O. The van der Waals surface area contributed by atoms with Gasteiger partial charge in [-0.3, -0.25) is 14.6 Å². The number of likely N-dealkylation sites (tertiary alicyclic amines) is 1. The first kappa shape index (κ1) is 19.9. The molecule has 1 aromatic rings. The van der Waals surface area contributed by atoms with Crippen LogP contribution >= 0.6 is 0 Å². The summed E-state index contributed by atoms with van der Waals surface area (Å²) < 4.78 is 0. The van der Waals surface area contributed by atoms with Crippen LogP contribution in [-0.2, 0) is 11.2 Å². The predicted octanol–water partition coefficient (Wildman–Crippen LogP) is 3.42. The molecule has 3 aliphatic rings. The van der Waals surface area contributed by atoms with Gasteiger partial charge in [0.15, 0.2) is 0 Å². The van der Waals surface area contributed by atoms with Crippen molar-refractivity contribution in [3.8, 4) is 0 Å². The van der Waals surface area contributed by atoms with Gasteiger partial charge in [-0.15, -0.1) is 0 Å². The molecule has 0 bridgehead atoms. The molecule has 0 N–H and O–H groups in total. The van der Waals surface area contributed by atoms with E-state index in [0.29, 0.717) is 12.5 Å². The van der Waals surface area contributed by atoms with Gasteiger partial charge < -0.3 is 4.90 Å². The molecule has 0 aromatic heterocycles. The number of benzene rings is 1. The molecule has 3 fully saturated rings. The molecule has 154 valence electrons. The van der Waals surface area contributed by atoms with Crippen LogP contribution in [-0.4, -0.2) is 72.5 Å². The molecule has 1 aromatic carbocycles. The molecule has 2 saturated heterocycles. The molecule has 4 heteroatoms. The number of amides is 1. The van der Waals surface area contributed by atoms with E-state index in [1.807, 2.05) is 0 Å². The Morgan fingerprint density at radius 1 is 0.857 bits per heavy atom. The first-order valence-corrected chi connectivity index (χ1v) is 11.6. The average molecular weight is 384 g/mol. The normalized spacial score (nSPS) is 23.4. The fourth-order valence-corrected chi connectivity index (χ4v) is 5.33. The van der Waals surface area contributed by atoms with E-state index in [2.05, 4.69) is 45.0 Å². The highest BCUT2D eigenvalue weighted by molar-refractivity contribution is 5.78. The highest BCUT2D eigenvalue weighted by Crippen LogP contribution is 2.25. The van der Waals surface area contributed by atoms with Crippen LogP contribution < -0.4 is 0 Å². The first-order chi connectivity index (χ1) is 13.8. The number of hydrogen-bond acceptors (Lipinski definition) is 3. The van der Waals surface area contributed by atoms with E-state index >= 15 is 0 Å². The minimum absolute atomic E-state index is 0.357. The highest BCUT2D eigenvalue weighted by Gasteiger charge is 2.28. The molecule has 1 amide bonds. The average Bonchev–Trinajstić information content (AvgIpc) is 3.29. The second-order valence-corrected chi connectivity index (χ2v) is 9.10. The number of carbonyl (C=O) groups excluding carboxylic acids is 1. The van der Waals surface area contributed by atoms with Crippen molar-refractivity contribution in [1.82, 2.24) is 14.7 Å². The van der Waals surface area contributed by atoms with Gasteiger partial charge in [-0.2, -0.15) is 0 Å². The van der Waals surface area contributed by atoms with Crippen molar-refractivity contribution in [3.05, 3.63) is 35.9 Å². The summed E-state index contributed by atoms with van der Waals surface area (Å²) in [5.41, 5.74) is 1.44. The molecule has 0 unspecified atom stereocenters. The van der Waals surface area contributed by atoms with E-state index in [1.165, 1.54) is 56.9 Å². The summed E-state index contributed by atoms with van der Waals surface area (Å²) in [6, 6.07) is 11.6. The lowest BCUT2D eigenvalue weighted by Crippen LogP contribution is -2.52. The van der Waals surface area contributed by atoms with Crippen LogP contribution in [0.25, 0.3) is 0 Å². The van der Waals surface area contributed by atoms with Gasteiger partial charge in [-0.1, -0.05) is 43.2 Å². The SMILES string of the molecule is O=C(CN1CCN(C2CCCC2)CC1)N1CCC(CCc2ccccc2)CC1. The molecule has 2 aliphatic heterocycles. The monoisotopic (exact) mass is 383 g/mol. The summed E-state index contributed by atoms with van der Waals surface area (Å²) in [4.78, 5) is 19.9. The van der Waals surface area contributed by atoms with E-state index in [1.54, 1.807) is 0 Å². The zero-order valence-electron chi connectivity index (χ0n) is 17.4. The lowest BCUT2D eigenvalue weighted by molar-refractivity contribution is -0.134. The predicted molar refractivity (Wildman–Crippen MR) is 114 cm³/mol. The largest absolute Gasteiger partial charge is 0.342 e. The van der Waals surface area contributed by atoms with Crippen molar-refractivity contribution in [1.29, 1.82) is 0 Å². The number of aryl methyl sites for hydroxylation is 1. The minimum atomic E-state index is 0.357. The second-order valence-electron chi connectivity index (χ2n) is 9.10. The topological polar surface area (TPSA) is 26.8 Å². The van der Waals surface area contributed by atoms with Crippen LogP contribution in [0.1, 0.15) is 50.5 Å². The molecular weight excluding hydrogens is 346 g/mol. The third-order valence-corrected chi connectivity index (χ3v) is 7.26. The Labute approximate surface area is 170 Å². The van der Waals surface area contributed by atoms with Gasteiger partial charge in [0.2, 0.25) is 5.91 Å². The molecule has 1 saturated carbocycles. The molecule has 28 heavy (non-hydrogen) atoms. The summed E-state index contributed by atoms with van der Waals surface area (Å²) in [7, 11) is 0. The van der Waals surface area contributed by atoms with Crippen molar-refractivity contribution in [2.45, 2.75) is 57.4 Å². The Bertz CT molecular complexity index is 598. The molecule has 2 heterocycles.